The Labute approximate surface area is 115 Å². The highest BCUT2D eigenvalue weighted by molar-refractivity contribution is 7.90. The Morgan fingerprint density at radius 3 is 2.26 bits per heavy atom. The maximum atomic E-state index is 11.8. The number of nitrogens with zero attached hydrogens (tertiary/aromatic N) is 1. The van der Waals surface area contributed by atoms with E-state index in [0.29, 0.717) is 26.1 Å². The number of rotatable bonds is 9. The predicted molar refractivity (Wildman–Crippen MR) is 72.4 cm³/mol. The fourth-order valence-electron chi connectivity index (χ4n) is 1.56. The molecule has 0 fully saturated rings. The van der Waals surface area contributed by atoms with Crippen LogP contribution in [-0.4, -0.2) is 56.9 Å². The van der Waals surface area contributed by atoms with Crippen LogP contribution < -0.4 is 0 Å². The van der Waals surface area contributed by atoms with Crippen LogP contribution in [0.5, 0.6) is 0 Å². The Kier molecular flexibility index (Phi) is 8.38. The smallest absolute Gasteiger partial charge is 0.307 e. The van der Waals surface area contributed by atoms with Gasteiger partial charge in [-0.2, -0.15) is 0 Å². The molecule has 19 heavy (non-hydrogen) atoms. The minimum atomic E-state index is -3.03. The first-order chi connectivity index (χ1) is 8.80. The van der Waals surface area contributed by atoms with E-state index >= 15 is 0 Å². The van der Waals surface area contributed by atoms with Crippen LogP contribution in [0, 0.1) is 0 Å². The molecule has 0 radical (unpaired) electrons. The molecule has 0 saturated carbocycles. The van der Waals surface area contributed by atoms with E-state index in [4.69, 9.17) is 4.74 Å². The molecule has 0 saturated heterocycles. The lowest BCUT2D eigenvalue weighted by Crippen LogP contribution is -2.33. The first-order valence-electron chi connectivity index (χ1n) is 6.41. The molecule has 0 bridgehead atoms. The van der Waals surface area contributed by atoms with Crippen molar-refractivity contribution in [3.63, 3.8) is 0 Å². The van der Waals surface area contributed by atoms with Crippen molar-refractivity contribution < 1.29 is 22.7 Å². The van der Waals surface area contributed by atoms with E-state index in [1.807, 2.05) is 6.92 Å². The molecular formula is C12H23NO5S. The topological polar surface area (TPSA) is 80.8 Å². The molecule has 112 valence electrons. The number of amides is 1. The maximum absolute atomic E-state index is 11.8. The quantitative estimate of drug-likeness (QED) is 0.582. The van der Waals surface area contributed by atoms with Gasteiger partial charge in [0, 0.05) is 25.8 Å². The molecule has 0 aliphatic rings. The fourth-order valence-corrected chi connectivity index (χ4v) is 2.23. The molecule has 0 spiro atoms. The summed E-state index contributed by atoms with van der Waals surface area (Å²) in [6, 6.07) is 0. The normalized spacial score (nSPS) is 11.1. The van der Waals surface area contributed by atoms with Crippen molar-refractivity contribution in [1.29, 1.82) is 0 Å². The highest BCUT2D eigenvalue weighted by Crippen LogP contribution is 2.02. The Balaban J connectivity index is 4.07. The zero-order valence-corrected chi connectivity index (χ0v) is 12.7. The molecule has 0 aliphatic carbocycles. The van der Waals surface area contributed by atoms with Gasteiger partial charge in [0.2, 0.25) is 5.91 Å². The summed E-state index contributed by atoms with van der Waals surface area (Å²) in [4.78, 5) is 24.5. The molecule has 0 rings (SSSR count). The zero-order chi connectivity index (χ0) is 14.9. The molecule has 6 nitrogen and oxygen atoms in total. The third-order valence-electron chi connectivity index (χ3n) is 2.53. The minimum Gasteiger partial charge on any atom is -0.466 e. The second-order valence-corrected chi connectivity index (χ2v) is 6.52. The van der Waals surface area contributed by atoms with Gasteiger partial charge in [-0.15, -0.1) is 0 Å². The molecule has 0 aromatic rings. The number of carbonyl (C=O) groups is 2. The van der Waals surface area contributed by atoms with Crippen LogP contribution in [0.3, 0.4) is 0 Å². The van der Waals surface area contributed by atoms with Gasteiger partial charge in [0.15, 0.2) is 0 Å². The average Bonchev–Trinajstić information content (AvgIpc) is 2.28. The van der Waals surface area contributed by atoms with Crippen LogP contribution in [0.25, 0.3) is 0 Å². The predicted octanol–water partition coefficient (Wildman–Crippen LogP) is 0.613. The Bertz CT molecular complexity index is 391. The maximum Gasteiger partial charge on any atom is 0.307 e. The monoisotopic (exact) mass is 293 g/mol. The van der Waals surface area contributed by atoms with E-state index in [2.05, 4.69) is 0 Å². The van der Waals surface area contributed by atoms with Crippen molar-refractivity contribution in [2.45, 2.75) is 33.1 Å². The van der Waals surface area contributed by atoms with Crippen molar-refractivity contribution >= 4 is 21.7 Å². The highest BCUT2D eigenvalue weighted by atomic mass is 32.2. The van der Waals surface area contributed by atoms with Gasteiger partial charge in [0.05, 0.1) is 18.8 Å². The Morgan fingerprint density at radius 2 is 1.79 bits per heavy atom. The number of ether oxygens (including phenoxy) is 1. The van der Waals surface area contributed by atoms with Crippen molar-refractivity contribution in [2.24, 2.45) is 0 Å². The third-order valence-corrected chi connectivity index (χ3v) is 3.56. The first-order valence-corrected chi connectivity index (χ1v) is 8.47. The molecular weight excluding hydrogens is 270 g/mol. The van der Waals surface area contributed by atoms with Crippen LogP contribution in [0.1, 0.15) is 33.1 Å². The van der Waals surface area contributed by atoms with Crippen molar-refractivity contribution in [1.82, 2.24) is 4.90 Å². The van der Waals surface area contributed by atoms with Crippen LogP contribution in [0.4, 0.5) is 0 Å². The lowest BCUT2D eigenvalue weighted by molar-refractivity contribution is -0.144. The highest BCUT2D eigenvalue weighted by Gasteiger charge is 2.14. The third kappa shape index (κ3) is 9.47. The summed E-state index contributed by atoms with van der Waals surface area (Å²) in [5.41, 5.74) is 0. The molecule has 1 amide bonds. The molecule has 0 heterocycles. The van der Waals surface area contributed by atoms with Crippen LogP contribution in [0.2, 0.25) is 0 Å². The van der Waals surface area contributed by atoms with E-state index in [9.17, 15) is 18.0 Å². The fraction of sp³-hybridized carbons (Fsp3) is 0.833. The summed E-state index contributed by atoms with van der Waals surface area (Å²) < 4.78 is 26.7. The number of hydrogen-bond donors (Lipinski definition) is 0. The summed E-state index contributed by atoms with van der Waals surface area (Å²) in [5.74, 6) is -0.450. The lowest BCUT2D eigenvalue weighted by Gasteiger charge is -2.20. The average molecular weight is 293 g/mol. The van der Waals surface area contributed by atoms with E-state index < -0.39 is 9.84 Å². The van der Waals surface area contributed by atoms with Crippen LogP contribution in [0.15, 0.2) is 0 Å². The number of carbonyl (C=O) groups excluding carboxylic acids is 2. The number of hydrogen-bond acceptors (Lipinski definition) is 5. The summed E-state index contributed by atoms with van der Waals surface area (Å²) >= 11 is 0. The Morgan fingerprint density at radius 1 is 1.16 bits per heavy atom. The second-order valence-electron chi connectivity index (χ2n) is 4.26. The molecule has 0 N–H and O–H groups in total. The lowest BCUT2D eigenvalue weighted by atomic mass is 10.3. The van der Waals surface area contributed by atoms with E-state index in [1.54, 1.807) is 11.8 Å². The van der Waals surface area contributed by atoms with Gasteiger partial charge in [-0.05, 0) is 20.3 Å². The van der Waals surface area contributed by atoms with Crippen molar-refractivity contribution in [3.05, 3.63) is 0 Å². The second kappa shape index (κ2) is 8.90. The van der Waals surface area contributed by atoms with Gasteiger partial charge in [0.25, 0.3) is 0 Å². The van der Waals surface area contributed by atoms with Gasteiger partial charge in [-0.3, -0.25) is 9.59 Å². The van der Waals surface area contributed by atoms with Crippen molar-refractivity contribution in [3.8, 4) is 0 Å². The summed E-state index contributed by atoms with van der Waals surface area (Å²) in [6.45, 7) is 4.68. The van der Waals surface area contributed by atoms with Crippen LogP contribution in [-0.2, 0) is 24.2 Å². The molecule has 0 aromatic heterocycles. The SMILES string of the molecule is CCOC(=O)CCN(CC)C(=O)CCCS(C)(=O)=O. The molecule has 0 aromatic carbocycles. The van der Waals surface area contributed by atoms with Gasteiger partial charge in [-0.25, -0.2) is 8.42 Å². The summed E-state index contributed by atoms with van der Waals surface area (Å²) in [5, 5.41) is 0. The number of esters is 1. The largest absolute Gasteiger partial charge is 0.466 e. The number of sulfone groups is 1. The van der Waals surface area contributed by atoms with E-state index in [0.717, 1.165) is 6.26 Å². The first kappa shape index (κ1) is 17.9. The zero-order valence-electron chi connectivity index (χ0n) is 11.8. The molecule has 0 atom stereocenters. The summed E-state index contributed by atoms with van der Waals surface area (Å²) in [6.07, 6.45) is 1.81. The van der Waals surface area contributed by atoms with Crippen LogP contribution >= 0.6 is 0 Å². The standard InChI is InChI=1S/C12H23NO5S/c1-4-13(9-8-12(15)18-5-2)11(14)7-6-10-19(3,16)17/h4-10H2,1-3H3. The van der Waals surface area contributed by atoms with Gasteiger partial charge < -0.3 is 9.64 Å². The molecule has 7 heteroatoms. The van der Waals surface area contributed by atoms with Crippen molar-refractivity contribution in [2.75, 3.05) is 31.7 Å². The molecule has 0 unspecified atom stereocenters. The van der Waals surface area contributed by atoms with Gasteiger partial charge >= 0.3 is 5.97 Å². The van der Waals surface area contributed by atoms with E-state index in [-0.39, 0.29) is 30.5 Å². The molecule has 0 aliphatic heterocycles. The Hall–Kier alpha value is -1.11. The minimum absolute atomic E-state index is 0.00811. The van der Waals surface area contributed by atoms with Gasteiger partial charge in [0.1, 0.15) is 9.84 Å². The summed E-state index contributed by atoms with van der Waals surface area (Å²) in [7, 11) is -3.03. The van der Waals surface area contributed by atoms with Gasteiger partial charge in [-0.1, -0.05) is 0 Å². The van der Waals surface area contributed by atoms with E-state index in [1.165, 1.54) is 0 Å².